The number of nitrogens with one attached hydrogen (secondary N) is 3. The highest BCUT2D eigenvalue weighted by Gasteiger charge is 2.05. The molecule has 0 fully saturated rings. The third kappa shape index (κ3) is 8.40. The Morgan fingerprint density at radius 1 is 0.815 bits per heavy atom. The number of urea groups is 1. The Kier molecular flexibility index (Phi) is 8.36. The van der Waals surface area contributed by atoms with Crippen molar-refractivity contribution < 1.29 is 9.59 Å². The second kappa shape index (κ2) is 11.0. The summed E-state index contributed by atoms with van der Waals surface area (Å²) in [5.74, 6) is 0.409. The lowest BCUT2D eigenvalue weighted by Gasteiger charge is -2.10. The van der Waals surface area contributed by atoms with Crippen LogP contribution in [0.2, 0.25) is 0 Å². The maximum atomic E-state index is 11.9. The van der Waals surface area contributed by atoms with E-state index in [1.807, 2.05) is 68.4 Å². The summed E-state index contributed by atoms with van der Waals surface area (Å²) in [6.07, 6.45) is 1.34. The fourth-order valence-corrected chi connectivity index (χ4v) is 2.70. The molecule has 0 spiro atoms. The Bertz CT molecular complexity index is 729. The van der Waals surface area contributed by atoms with Gasteiger partial charge < -0.3 is 16.0 Å². The number of carbonyl (C=O) groups is 2. The van der Waals surface area contributed by atoms with Crippen molar-refractivity contribution in [2.45, 2.75) is 39.8 Å². The third-order valence-electron chi connectivity index (χ3n) is 4.07. The molecule has 0 unspecified atom stereocenters. The molecule has 0 aliphatic carbocycles. The Balaban J connectivity index is 1.70. The minimum absolute atomic E-state index is 0.0614. The predicted molar refractivity (Wildman–Crippen MR) is 108 cm³/mol. The Morgan fingerprint density at radius 3 is 2.11 bits per heavy atom. The average Bonchev–Trinajstić information content (AvgIpc) is 2.65. The van der Waals surface area contributed by atoms with Crippen LogP contribution in [-0.2, 0) is 24.3 Å². The van der Waals surface area contributed by atoms with Gasteiger partial charge in [-0.2, -0.15) is 0 Å². The summed E-state index contributed by atoms with van der Waals surface area (Å²) in [5.41, 5.74) is 3.23. The molecule has 2 rings (SSSR count). The van der Waals surface area contributed by atoms with E-state index in [0.717, 1.165) is 17.5 Å². The van der Waals surface area contributed by atoms with Crippen molar-refractivity contribution >= 4 is 11.9 Å². The summed E-state index contributed by atoms with van der Waals surface area (Å²) >= 11 is 0. The van der Waals surface area contributed by atoms with Crippen LogP contribution in [0, 0.1) is 5.92 Å². The summed E-state index contributed by atoms with van der Waals surface area (Å²) in [7, 11) is 0. The first-order valence-corrected chi connectivity index (χ1v) is 9.43. The summed E-state index contributed by atoms with van der Waals surface area (Å²) in [5, 5.41) is 8.66. The van der Waals surface area contributed by atoms with Gasteiger partial charge in [-0.15, -0.1) is 0 Å². The second-order valence-corrected chi connectivity index (χ2v) is 7.04. The maximum absolute atomic E-state index is 11.9. The second-order valence-electron chi connectivity index (χ2n) is 7.04. The van der Waals surface area contributed by atoms with Gasteiger partial charge in [0.25, 0.3) is 0 Å². The number of hydrogen-bond donors (Lipinski definition) is 3. The first kappa shape index (κ1) is 20.5. The summed E-state index contributed by atoms with van der Waals surface area (Å²) in [4.78, 5) is 23.7. The number of rotatable bonds is 9. The van der Waals surface area contributed by atoms with Gasteiger partial charge in [0.05, 0.1) is 0 Å². The molecule has 0 radical (unpaired) electrons. The molecule has 2 aromatic rings. The molecule has 3 N–H and O–H groups in total. The minimum Gasteiger partial charge on any atom is -0.352 e. The minimum atomic E-state index is -0.179. The lowest BCUT2D eigenvalue weighted by atomic mass is 10.1. The molecule has 0 aromatic heterocycles. The molecule has 0 heterocycles. The van der Waals surface area contributed by atoms with E-state index in [2.05, 4.69) is 16.0 Å². The normalized spacial score (nSPS) is 10.5. The van der Waals surface area contributed by atoms with Gasteiger partial charge in [-0.05, 0) is 29.0 Å². The largest absolute Gasteiger partial charge is 0.352 e. The van der Waals surface area contributed by atoms with Gasteiger partial charge in [0.2, 0.25) is 5.91 Å². The molecule has 2 aromatic carbocycles. The van der Waals surface area contributed by atoms with Gasteiger partial charge in [-0.25, -0.2) is 4.79 Å². The van der Waals surface area contributed by atoms with Crippen molar-refractivity contribution in [3.05, 3.63) is 71.3 Å². The highest BCUT2D eigenvalue weighted by atomic mass is 16.2. The molecule has 0 aliphatic rings. The molecule has 27 heavy (non-hydrogen) atoms. The smallest absolute Gasteiger partial charge is 0.315 e. The van der Waals surface area contributed by atoms with Gasteiger partial charge in [-0.3, -0.25) is 4.79 Å². The quantitative estimate of drug-likeness (QED) is 0.636. The molecule has 144 valence electrons. The molecule has 0 bridgehead atoms. The lowest BCUT2D eigenvalue weighted by Crippen LogP contribution is -2.36. The monoisotopic (exact) mass is 367 g/mol. The van der Waals surface area contributed by atoms with Crippen molar-refractivity contribution in [2.24, 2.45) is 5.92 Å². The maximum Gasteiger partial charge on any atom is 0.315 e. The predicted octanol–water partition coefficient (Wildman–Crippen LogP) is 3.39. The molecule has 0 aliphatic heterocycles. The van der Waals surface area contributed by atoms with Crippen LogP contribution in [0.15, 0.2) is 54.6 Å². The zero-order valence-corrected chi connectivity index (χ0v) is 16.1. The topological polar surface area (TPSA) is 70.2 Å². The van der Waals surface area contributed by atoms with Crippen LogP contribution in [0.4, 0.5) is 4.79 Å². The van der Waals surface area contributed by atoms with Gasteiger partial charge >= 0.3 is 6.03 Å². The molecule has 5 nitrogen and oxygen atoms in total. The van der Waals surface area contributed by atoms with E-state index in [0.29, 0.717) is 32.0 Å². The average molecular weight is 367 g/mol. The zero-order valence-electron chi connectivity index (χ0n) is 16.1. The van der Waals surface area contributed by atoms with Gasteiger partial charge in [0.1, 0.15) is 0 Å². The van der Waals surface area contributed by atoms with Crippen molar-refractivity contribution in [3.8, 4) is 0 Å². The van der Waals surface area contributed by atoms with Crippen LogP contribution in [0.5, 0.6) is 0 Å². The summed E-state index contributed by atoms with van der Waals surface area (Å²) in [6, 6.07) is 17.8. The van der Waals surface area contributed by atoms with E-state index in [1.165, 1.54) is 5.56 Å². The van der Waals surface area contributed by atoms with Crippen LogP contribution in [0.3, 0.4) is 0 Å². The van der Waals surface area contributed by atoms with Crippen LogP contribution in [0.1, 0.15) is 37.0 Å². The van der Waals surface area contributed by atoms with Crippen LogP contribution >= 0.6 is 0 Å². The number of carbonyl (C=O) groups excluding carboxylic acids is 2. The summed E-state index contributed by atoms with van der Waals surface area (Å²) < 4.78 is 0. The lowest BCUT2D eigenvalue weighted by molar-refractivity contribution is -0.121. The number of benzene rings is 2. The SMILES string of the molecule is CC(C)CC(=O)NCc1cccc(CNC(=O)NCCc2ccccc2)c1. The van der Waals surface area contributed by atoms with Crippen molar-refractivity contribution in [1.29, 1.82) is 0 Å². The van der Waals surface area contributed by atoms with Crippen LogP contribution in [-0.4, -0.2) is 18.5 Å². The molecular weight excluding hydrogens is 338 g/mol. The van der Waals surface area contributed by atoms with Crippen molar-refractivity contribution in [2.75, 3.05) is 6.54 Å². The van der Waals surface area contributed by atoms with E-state index in [9.17, 15) is 9.59 Å². The molecule has 3 amide bonds. The van der Waals surface area contributed by atoms with Crippen LogP contribution in [0.25, 0.3) is 0 Å². The van der Waals surface area contributed by atoms with E-state index in [1.54, 1.807) is 0 Å². The molecule has 0 atom stereocenters. The number of hydrogen-bond acceptors (Lipinski definition) is 2. The fraction of sp³-hybridized carbons (Fsp3) is 0.364. The molecular formula is C22H29N3O2. The molecule has 0 saturated heterocycles. The third-order valence-corrected chi connectivity index (χ3v) is 4.07. The Labute approximate surface area is 161 Å². The standard InChI is InChI=1S/C22H29N3O2/c1-17(2)13-21(26)24-15-19-9-6-10-20(14-19)16-25-22(27)23-12-11-18-7-4-3-5-8-18/h3-10,14,17H,11-13,15-16H2,1-2H3,(H,24,26)(H2,23,25,27). The van der Waals surface area contributed by atoms with Crippen molar-refractivity contribution in [3.63, 3.8) is 0 Å². The van der Waals surface area contributed by atoms with E-state index in [4.69, 9.17) is 0 Å². The summed E-state index contributed by atoms with van der Waals surface area (Å²) in [6.45, 7) is 5.60. The molecule has 5 heteroatoms. The van der Waals surface area contributed by atoms with Crippen LogP contribution < -0.4 is 16.0 Å². The highest BCUT2D eigenvalue weighted by molar-refractivity contribution is 5.76. The highest BCUT2D eigenvalue weighted by Crippen LogP contribution is 2.06. The fourth-order valence-electron chi connectivity index (χ4n) is 2.70. The first-order valence-electron chi connectivity index (χ1n) is 9.43. The van der Waals surface area contributed by atoms with Gasteiger partial charge in [-0.1, -0.05) is 68.4 Å². The van der Waals surface area contributed by atoms with Gasteiger partial charge in [0, 0.05) is 26.1 Å². The van der Waals surface area contributed by atoms with E-state index >= 15 is 0 Å². The zero-order chi connectivity index (χ0) is 19.5. The van der Waals surface area contributed by atoms with Crippen molar-refractivity contribution in [1.82, 2.24) is 16.0 Å². The van der Waals surface area contributed by atoms with Gasteiger partial charge in [0.15, 0.2) is 0 Å². The molecule has 0 saturated carbocycles. The Hall–Kier alpha value is -2.82. The number of amides is 3. The van der Waals surface area contributed by atoms with E-state index < -0.39 is 0 Å². The Morgan fingerprint density at radius 2 is 1.44 bits per heavy atom. The van der Waals surface area contributed by atoms with E-state index in [-0.39, 0.29) is 11.9 Å². The first-order chi connectivity index (χ1) is 13.0.